The van der Waals surface area contributed by atoms with Crippen LogP contribution in [0.25, 0.3) is 0 Å². The van der Waals surface area contributed by atoms with Gasteiger partial charge in [0.15, 0.2) is 0 Å². The van der Waals surface area contributed by atoms with Gasteiger partial charge in [-0.05, 0) is 41.6 Å². The highest BCUT2D eigenvalue weighted by molar-refractivity contribution is 5.33. The Labute approximate surface area is 85.1 Å². The zero-order valence-electron chi connectivity index (χ0n) is 9.05. The van der Waals surface area contributed by atoms with E-state index in [0.29, 0.717) is 12.5 Å². The molecule has 0 heterocycles. The van der Waals surface area contributed by atoms with E-state index in [1.165, 1.54) is 11.6 Å². The van der Waals surface area contributed by atoms with Gasteiger partial charge in [-0.1, -0.05) is 26.8 Å². The number of benzene rings is 1. The Kier molecular flexibility index (Phi) is 3.64. The van der Waals surface area contributed by atoms with Crippen molar-refractivity contribution in [1.29, 1.82) is 0 Å². The van der Waals surface area contributed by atoms with Crippen molar-refractivity contribution in [2.45, 2.75) is 32.6 Å². The molecule has 1 atom stereocenters. The minimum atomic E-state index is -0.176. The van der Waals surface area contributed by atoms with Crippen LogP contribution in [0.15, 0.2) is 18.2 Å². The largest absolute Gasteiger partial charge is 0.330 e. The highest BCUT2D eigenvalue weighted by Gasteiger charge is 2.12. The van der Waals surface area contributed by atoms with Gasteiger partial charge in [0.2, 0.25) is 0 Å². The molecule has 78 valence electrons. The Morgan fingerprint density at radius 2 is 1.86 bits per heavy atom. The molecule has 0 aliphatic heterocycles. The summed E-state index contributed by atoms with van der Waals surface area (Å²) < 4.78 is 13.1. The molecule has 0 saturated heterocycles. The van der Waals surface area contributed by atoms with E-state index in [2.05, 4.69) is 13.8 Å². The molecule has 2 N–H and O–H groups in total. The van der Waals surface area contributed by atoms with Crippen LogP contribution in [-0.2, 0) is 0 Å². The second-order valence-electron chi connectivity index (χ2n) is 4.06. The molecule has 1 unspecified atom stereocenters. The molecule has 1 rings (SSSR count). The van der Waals surface area contributed by atoms with Crippen molar-refractivity contribution in [3.05, 3.63) is 35.1 Å². The van der Waals surface area contributed by atoms with Gasteiger partial charge in [-0.25, -0.2) is 4.39 Å². The third-order valence-electron chi connectivity index (χ3n) is 2.56. The van der Waals surface area contributed by atoms with Gasteiger partial charge in [0.05, 0.1) is 0 Å². The van der Waals surface area contributed by atoms with Crippen LogP contribution in [0, 0.1) is 5.82 Å². The third kappa shape index (κ3) is 2.32. The maximum atomic E-state index is 13.1. The molecule has 2 heteroatoms. The Bertz CT molecular complexity index is 307. The molecule has 14 heavy (non-hydrogen) atoms. The van der Waals surface area contributed by atoms with Crippen LogP contribution >= 0.6 is 0 Å². The van der Waals surface area contributed by atoms with Crippen molar-refractivity contribution in [2.24, 2.45) is 5.73 Å². The summed E-state index contributed by atoms with van der Waals surface area (Å²) >= 11 is 0. The first-order valence-electron chi connectivity index (χ1n) is 5.05. The van der Waals surface area contributed by atoms with Crippen LogP contribution in [-0.4, -0.2) is 6.54 Å². The average molecular weight is 195 g/mol. The molecule has 0 amide bonds. The normalized spacial score (nSPS) is 13.3. The van der Waals surface area contributed by atoms with Crippen LogP contribution in [0.2, 0.25) is 0 Å². The van der Waals surface area contributed by atoms with Crippen LogP contribution in [0.5, 0.6) is 0 Å². The van der Waals surface area contributed by atoms with Crippen LogP contribution < -0.4 is 5.73 Å². The van der Waals surface area contributed by atoms with Gasteiger partial charge in [-0.2, -0.15) is 0 Å². The second kappa shape index (κ2) is 4.56. The fourth-order valence-electron chi connectivity index (χ4n) is 1.63. The Hall–Kier alpha value is -0.890. The van der Waals surface area contributed by atoms with E-state index in [0.717, 1.165) is 5.56 Å². The molecule has 0 radical (unpaired) electrons. The van der Waals surface area contributed by atoms with Gasteiger partial charge in [0.1, 0.15) is 5.82 Å². The predicted octanol–water partition coefficient (Wildman–Crippen LogP) is 3.01. The monoisotopic (exact) mass is 195 g/mol. The summed E-state index contributed by atoms with van der Waals surface area (Å²) in [7, 11) is 0. The summed E-state index contributed by atoms with van der Waals surface area (Å²) in [6, 6.07) is 4.98. The van der Waals surface area contributed by atoms with E-state index in [1.807, 2.05) is 13.0 Å². The number of nitrogens with two attached hydrogens (primary N) is 1. The van der Waals surface area contributed by atoms with Crippen LogP contribution in [0.4, 0.5) is 4.39 Å². The molecular formula is C12H18FN. The lowest BCUT2D eigenvalue weighted by Gasteiger charge is -2.17. The summed E-state index contributed by atoms with van der Waals surface area (Å²) in [5.74, 6) is 0.465. The van der Waals surface area contributed by atoms with E-state index in [-0.39, 0.29) is 11.7 Å². The molecule has 1 aromatic rings. The molecule has 0 aliphatic rings. The Morgan fingerprint density at radius 3 is 2.36 bits per heavy atom. The molecule has 0 spiro atoms. The van der Waals surface area contributed by atoms with Gasteiger partial charge < -0.3 is 5.73 Å². The molecule has 1 nitrogen and oxygen atoms in total. The van der Waals surface area contributed by atoms with Gasteiger partial charge in [-0.15, -0.1) is 0 Å². The van der Waals surface area contributed by atoms with Crippen LogP contribution in [0.3, 0.4) is 0 Å². The molecule has 0 fully saturated rings. The summed E-state index contributed by atoms with van der Waals surface area (Å²) in [4.78, 5) is 0. The van der Waals surface area contributed by atoms with E-state index in [1.54, 1.807) is 6.07 Å². The number of rotatable bonds is 3. The third-order valence-corrected chi connectivity index (χ3v) is 2.56. The topological polar surface area (TPSA) is 26.0 Å². The average Bonchev–Trinajstić information content (AvgIpc) is 2.16. The fourth-order valence-corrected chi connectivity index (χ4v) is 1.63. The summed E-state index contributed by atoms with van der Waals surface area (Å²) in [6.45, 7) is 6.81. The van der Waals surface area contributed by atoms with Crippen molar-refractivity contribution in [3.8, 4) is 0 Å². The SMILES string of the molecule is CC(C)c1ccc(F)cc1C(C)CN. The Balaban J connectivity index is 3.15. The maximum absolute atomic E-state index is 13.1. The second-order valence-corrected chi connectivity index (χ2v) is 4.06. The molecule has 1 aromatic carbocycles. The fraction of sp³-hybridized carbons (Fsp3) is 0.500. The zero-order chi connectivity index (χ0) is 10.7. The summed E-state index contributed by atoms with van der Waals surface area (Å²) in [5.41, 5.74) is 7.84. The first kappa shape index (κ1) is 11.2. The van der Waals surface area contributed by atoms with Crippen molar-refractivity contribution in [1.82, 2.24) is 0 Å². The zero-order valence-corrected chi connectivity index (χ0v) is 9.05. The van der Waals surface area contributed by atoms with E-state index >= 15 is 0 Å². The van der Waals surface area contributed by atoms with Crippen molar-refractivity contribution < 1.29 is 4.39 Å². The molecule has 0 aliphatic carbocycles. The van der Waals surface area contributed by atoms with Gasteiger partial charge in [-0.3, -0.25) is 0 Å². The molecular weight excluding hydrogens is 177 g/mol. The lowest BCUT2D eigenvalue weighted by Crippen LogP contribution is -2.11. The standard InChI is InChI=1S/C12H18FN/c1-8(2)11-5-4-10(13)6-12(11)9(3)7-14/h4-6,8-9H,7,14H2,1-3H3. The first-order chi connectivity index (χ1) is 6.56. The summed E-state index contributed by atoms with van der Waals surface area (Å²) in [5, 5.41) is 0. The first-order valence-corrected chi connectivity index (χ1v) is 5.05. The van der Waals surface area contributed by atoms with Gasteiger partial charge in [0, 0.05) is 0 Å². The lowest BCUT2D eigenvalue weighted by molar-refractivity contribution is 0.617. The number of hydrogen-bond donors (Lipinski definition) is 1. The number of halogens is 1. The number of hydrogen-bond acceptors (Lipinski definition) is 1. The van der Waals surface area contributed by atoms with E-state index in [9.17, 15) is 4.39 Å². The molecule has 0 bridgehead atoms. The highest BCUT2D eigenvalue weighted by Crippen LogP contribution is 2.26. The predicted molar refractivity (Wildman–Crippen MR) is 58.0 cm³/mol. The van der Waals surface area contributed by atoms with Gasteiger partial charge in [0.25, 0.3) is 0 Å². The molecule has 0 saturated carbocycles. The smallest absolute Gasteiger partial charge is 0.123 e. The quantitative estimate of drug-likeness (QED) is 0.788. The van der Waals surface area contributed by atoms with E-state index in [4.69, 9.17) is 5.73 Å². The highest BCUT2D eigenvalue weighted by atomic mass is 19.1. The molecule has 0 aromatic heterocycles. The minimum absolute atomic E-state index is 0.176. The van der Waals surface area contributed by atoms with Crippen molar-refractivity contribution >= 4 is 0 Å². The van der Waals surface area contributed by atoms with Crippen LogP contribution in [0.1, 0.15) is 43.7 Å². The van der Waals surface area contributed by atoms with Gasteiger partial charge >= 0.3 is 0 Å². The van der Waals surface area contributed by atoms with E-state index < -0.39 is 0 Å². The van der Waals surface area contributed by atoms with Crippen molar-refractivity contribution in [2.75, 3.05) is 6.54 Å². The summed E-state index contributed by atoms with van der Waals surface area (Å²) in [6.07, 6.45) is 0. The minimum Gasteiger partial charge on any atom is -0.330 e. The lowest BCUT2D eigenvalue weighted by atomic mass is 9.90. The Morgan fingerprint density at radius 1 is 1.21 bits per heavy atom. The van der Waals surface area contributed by atoms with Crippen molar-refractivity contribution in [3.63, 3.8) is 0 Å². The maximum Gasteiger partial charge on any atom is 0.123 e.